The minimum atomic E-state index is -0.611. The second-order valence-electron chi connectivity index (χ2n) is 9.02. The van der Waals surface area contributed by atoms with Crippen LogP contribution in [0.2, 0.25) is 0 Å². The van der Waals surface area contributed by atoms with Gasteiger partial charge < -0.3 is 28.8 Å². The molecule has 0 radical (unpaired) electrons. The maximum Gasteiger partial charge on any atom is 0.343 e. The number of carbonyl (C=O) groups excluding carboxylic acids is 3. The van der Waals surface area contributed by atoms with Crippen LogP contribution in [0.1, 0.15) is 22.8 Å². The van der Waals surface area contributed by atoms with E-state index in [9.17, 15) is 19.5 Å². The van der Waals surface area contributed by atoms with Crippen LogP contribution in [0.5, 0.6) is 17.2 Å². The van der Waals surface area contributed by atoms with E-state index < -0.39 is 17.9 Å². The van der Waals surface area contributed by atoms with Crippen LogP contribution in [-0.4, -0.2) is 36.6 Å². The molecular weight excluding hydrogens is 540 g/mol. The largest absolute Gasteiger partial charge is 0.457 e. The van der Waals surface area contributed by atoms with Gasteiger partial charge in [-0.1, -0.05) is 37.4 Å². The Bertz CT molecular complexity index is 1640. The zero-order chi connectivity index (χ0) is 30.1. The predicted molar refractivity (Wildman–Crippen MR) is 155 cm³/mol. The van der Waals surface area contributed by atoms with E-state index in [2.05, 4.69) is 13.2 Å². The Balaban J connectivity index is 1.41. The first-order valence-electron chi connectivity index (χ1n) is 12.7. The number of carbonyl (C=O) groups is 3. The summed E-state index contributed by atoms with van der Waals surface area (Å²) in [6.45, 7) is 7.55. The smallest absolute Gasteiger partial charge is 0.343 e. The summed E-state index contributed by atoms with van der Waals surface area (Å²) < 4.78 is 26.1. The second kappa shape index (κ2) is 13.8. The lowest BCUT2D eigenvalue weighted by molar-refractivity contribution is -0.145. The number of ether oxygens (including phenoxy) is 5. The minimum absolute atomic E-state index is 0.217. The summed E-state index contributed by atoms with van der Waals surface area (Å²) in [4.78, 5) is 35.3. The molecule has 4 aromatic carbocycles. The molecule has 1 N–H and O–H groups in total. The molecule has 0 aromatic heterocycles. The van der Waals surface area contributed by atoms with Gasteiger partial charge in [-0.15, -0.1) is 0 Å². The molecule has 0 unspecified atom stereocenters. The topological polar surface area (TPSA) is 118 Å². The number of hydrogen-bond acceptors (Lipinski definition) is 9. The Kier molecular flexibility index (Phi) is 9.70. The maximum atomic E-state index is 12.7. The van der Waals surface area contributed by atoms with E-state index in [1.165, 1.54) is 12.1 Å². The van der Waals surface area contributed by atoms with Gasteiger partial charge in [-0.2, -0.15) is 0 Å². The summed E-state index contributed by atoms with van der Waals surface area (Å²) in [5.41, 5.74) is 2.73. The average molecular weight is 569 g/mol. The van der Waals surface area contributed by atoms with Crippen LogP contribution in [0.4, 0.5) is 0 Å². The van der Waals surface area contributed by atoms with Crippen molar-refractivity contribution in [2.24, 2.45) is 0 Å². The van der Waals surface area contributed by atoms with Crippen LogP contribution in [0.3, 0.4) is 0 Å². The Morgan fingerprint density at radius 3 is 2.12 bits per heavy atom. The van der Waals surface area contributed by atoms with Crippen LogP contribution < -0.4 is 14.2 Å². The molecule has 0 saturated heterocycles. The van der Waals surface area contributed by atoms with Gasteiger partial charge in [0.15, 0.2) is 0 Å². The van der Waals surface area contributed by atoms with Gasteiger partial charge in [0, 0.05) is 17.2 Å². The standard InChI is InChI=1S/C33H28O9/c1-4-31(35)40-19-38-28-11-7-22(8-12-28)33(37)42-30-14-10-25(16-27(30)18-34)23-5-6-26-17-29(13-9-24(26)15-23)39-20-41-32(36)21(2)3/h4-17,34H,1-2,18-20H2,3H3. The SMILES string of the molecule is C=CC(=O)OCOc1ccc(C(=O)Oc2ccc(-c3ccc4cc(OCOC(=O)C(=C)C)ccc4c3)cc2CO)cc1. The minimum Gasteiger partial charge on any atom is -0.457 e. The van der Waals surface area contributed by atoms with E-state index >= 15 is 0 Å². The molecule has 0 saturated carbocycles. The highest BCUT2D eigenvalue weighted by atomic mass is 16.7. The summed E-state index contributed by atoms with van der Waals surface area (Å²) in [5.74, 6) is -0.558. The van der Waals surface area contributed by atoms with E-state index in [0.29, 0.717) is 22.6 Å². The van der Waals surface area contributed by atoms with Crippen LogP contribution in [-0.2, 0) is 25.7 Å². The molecule has 0 fully saturated rings. The second-order valence-corrected chi connectivity index (χ2v) is 9.02. The molecule has 0 aliphatic carbocycles. The number of rotatable bonds is 12. The van der Waals surface area contributed by atoms with Gasteiger partial charge in [-0.3, -0.25) is 0 Å². The van der Waals surface area contributed by atoms with Crippen LogP contribution >= 0.6 is 0 Å². The van der Waals surface area contributed by atoms with Gasteiger partial charge in [-0.25, -0.2) is 14.4 Å². The van der Waals surface area contributed by atoms with Crippen molar-refractivity contribution in [3.05, 3.63) is 115 Å². The van der Waals surface area contributed by atoms with Gasteiger partial charge in [0.2, 0.25) is 13.6 Å². The number of aliphatic hydroxyl groups is 1. The quantitative estimate of drug-likeness (QED) is 0.0988. The summed E-state index contributed by atoms with van der Waals surface area (Å²) in [6.07, 6.45) is 1.03. The molecular formula is C33H28O9. The third-order valence-electron chi connectivity index (χ3n) is 6.03. The molecule has 214 valence electrons. The highest BCUT2D eigenvalue weighted by molar-refractivity contribution is 5.92. The summed E-state index contributed by atoms with van der Waals surface area (Å²) >= 11 is 0. The zero-order valence-electron chi connectivity index (χ0n) is 22.8. The fourth-order valence-corrected chi connectivity index (χ4v) is 3.81. The predicted octanol–water partition coefficient (Wildman–Crippen LogP) is 5.74. The van der Waals surface area contributed by atoms with E-state index in [0.717, 1.165) is 28.0 Å². The summed E-state index contributed by atoms with van der Waals surface area (Å²) in [5, 5.41) is 11.9. The monoisotopic (exact) mass is 568 g/mol. The molecule has 0 amide bonds. The van der Waals surface area contributed by atoms with Crippen molar-refractivity contribution < 1.29 is 43.2 Å². The van der Waals surface area contributed by atoms with Gasteiger partial charge in [0.1, 0.15) is 17.2 Å². The van der Waals surface area contributed by atoms with E-state index in [1.54, 1.807) is 43.3 Å². The lowest BCUT2D eigenvalue weighted by atomic mass is 9.99. The number of fused-ring (bicyclic) bond motifs is 1. The normalized spacial score (nSPS) is 10.4. The van der Waals surface area contributed by atoms with Crippen LogP contribution in [0.25, 0.3) is 21.9 Å². The van der Waals surface area contributed by atoms with Crippen LogP contribution in [0, 0.1) is 0 Å². The van der Waals surface area contributed by atoms with Gasteiger partial charge >= 0.3 is 17.9 Å². The Hall–Kier alpha value is -5.41. The molecule has 42 heavy (non-hydrogen) atoms. The van der Waals surface area contributed by atoms with Crippen molar-refractivity contribution in [1.82, 2.24) is 0 Å². The molecule has 4 rings (SSSR count). The zero-order valence-corrected chi connectivity index (χ0v) is 22.8. The van der Waals surface area contributed by atoms with Crippen LogP contribution in [0.15, 0.2) is 104 Å². The number of hydrogen-bond donors (Lipinski definition) is 1. The Morgan fingerprint density at radius 1 is 0.786 bits per heavy atom. The molecule has 0 aliphatic heterocycles. The molecule has 0 aliphatic rings. The van der Waals surface area contributed by atoms with Crippen molar-refractivity contribution in [3.8, 4) is 28.4 Å². The van der Waals surface area contributed by atoms with Crippen molar-refractivity contribution in [2.45, 2.75) is 13.5 Å². The molecule has 0 bridgehead atoms. The number of esters is 3. The van der Waals surface area contributed by atoms with Gasteiger partial charge in [0.05, 0.1) is 12.2 Å². The lowest BCUT2D eigenvalue weighted by Crippen LogP contribution is -2.10. The van der Waals surface area contributed by atoms with E-state index in [-0.39, 0.29) is 31.5 Å². The maximum absolute atomic E-state index is 12.7. The fraction of sp³-hybridized carbons (Fsp3) is 0.121. The van der Waals surface area contributed by atoms with Gasteiger partial charge in [-0.05, 0) is 83.4 Å². The lowest BCUT2D eigenvalue weighted by Gasteiger charge is -2.12. The third-order valence-corrected chi connectivity index (χ3v) is 6.03. The Labute approximate surface area is 242 Å². The van der Waals surface area contributed by atoms with Crippen molar-refractivity contribution in [1.29, 1.82) is 0 Å². The molecule has 9 heteroatoms. The highest BCUT2D eigenvalue weighted by Crippen LogP contribution is 2.31. The molecule has 9 nitrogen and oxygen atoms in total. The fourth-order valence-electron chi connectivity index (χ4n) is 3.81. The number of benzene rings is 4. The van der Waals surface area contributed by atoms with Crippen molar-refractivity contribution in [2.75, 3.05) is 13.6 Å². The first kappa shape index (κ1) is 29.6. The average Bonchev–Trinajstić information content (AvgIpc) is 3.01. The molecule has 4 aromatic rings. The van der Waals surface area contributed by atoms with Crippen molar-refractivity contribution in [3.63, 3.8) is 0 Å². The Morgan fingerprint density at radius 2 is 1.40 bits per heavy atom. The van der Waals surface area contributed by atoms with E-state index in [1.807, 2.05) is 30.3 Å². The third kappa shape index (κ3) is 7.61. The first-order chi connectivity index (χ1) is 20.3. The number of aliphatic hydroxyl groups excluding tert-OH is 1. The molecule has 0 atom stereocenters. The molecule has 0 heterocycles. The molecule has 0 spiro atoms. The highest BCUT2D eigenvalue weighted by Gasteiger charge is 2.14. The van der Waals surface area contributed by atoms with Gasteiger partial charge in [0.25, 0.3) is 0 Å². The first-order valence-corrected chi connectivity index (χ1v) is 12.7. The summed E-state index contributed by atoms with van der Waals surface area (Å²) in [7, 11) is 0. The van der Waals surface area contributed by atoms with E-state index in [4.69, 9.17) is 23.7 Å². The van der Waals surface area contributed by atoms with Crippen molar-refractivity contribution >= 4 is 28.7 Å². The summed E-state index contributed by atoms with van der Waals surface area (Å²) in [6, 6.07) is 22.7.